The van der Waals surface area contributed by atoms with Crippen molar-refractivity contribution in [1.82, 2.24) is 0 Å². The van der Waals surface area contributed by atoms with Crippen molar-refractivity contribution in [3.63, 3.8) is 0 Å². The largest absolute Gasteiger partial charge is 0.453 e. The number of nitrogens with zero attached hydrogens (tertiary/aromatic N) is 1. The molecule has 0 radical (unpaired) electrons. The number of anilines is 1. The number of hydrogen-bond acceptors (Lipinski definition) is 5. The molecule has 0 aliphatic rings. The SMILES string of the molecule is Nc1ccc([N+](=O)[O-])cc1-c1ccc(C=O)o1. The van der Waals surface area contributed by atoms with Crippen molar-refractivity contribution >= 4 is 17.7 Å². The fraction of sp³-hybridized carbons (Fsp3) is 0. The van der Waals surface area contributed by atoms with E-state index in [1.165, 1.54) is 24.3 Å². The second-order valence-corrected chi connectivity index (χ2v) is 3.35. The Morgan fingerprint density at radius 1 is 1.29 bits per heavy atom. The molecule has 1 heterocycles. The topological polar surface area (TPSA) is 99.4 Å². The summed E-state index contributed by atoms with van der Waals surface area (Å²) in [4.78, 5) is 20.6. The zero-order chi connectivity index (χ0) is 12.4. The van der Waals surface area contributed by atoms with E-state index < -0.39 is 4.92 Å². The van der Waals surface area contributed by atoms with Crippen molar-refractivity contribution < 1.29 is 14.1 Å². The highest BCUT2D eigenvalue weighted by Gasteiger charge is 2.13. The number of rotatable bonds is 3. The lowest BCUT2D eigenvalue weighted by molar-refractivity contribution is -0.384. The van der Waals surface area contributed by atoms with Crippen LogP contribution in [0.5, 0.6) is 0 Å². The summed E-state index contributed by atoms with van der Waals surface area (Å²) in [6.07, 6.45) is 0.553. The number of nitro benzene ring substituents is 1. The molecule has 86 valence electrons. The molecule has 0 aliphatic carbocycles. The van der Waals surface area contributed by atoms with Crippen molar-refractivity contribution in [3.05, 3.63) is 46.2 Å². The van der Waals surface area contributed by atoms with Crippen molar-refractivity contribution in [3.8, 4) is 11.3 Å². The lowest BCUT2D eigenvalue weighted by Gasteiger charge is -2.01. The first-order valence-corrected chi connectivity index (χ1v) is 4.71. The maximum atomic E-state index is 10.6. The Kier molecular flexibility index (Phi) is 2.61. The van der Waals surface area contributed by atoms with E-state index in [1.54, 1.807) is 6.07 Å². The van der Waals surface area contributed by atoms with Crippen LogP contribution in [0.3, 0.4) is 0 Å². The van der Waals surface area contributed by atoms with Crippen LogP contribution < -0.4 is 5.73 Å². The van der Waals surface area contributed by atoms with Gasteiger partial charge in [0.2, 0.25) is 0 Å². The Hall–Kier alpha value is -2.63. The van der Waals surface area contributed by atoms with Crippen LogP contribution in [-0.2, 0) is 0 Å². The number of nitrogen functional groups attached to an aromatic ring is 1. The third-order valence-corrected chi connectivity index (χ3v) is 2.26. The number of furan rings is 1. The molecule has 6 heteroatoms. The van der Waals surface area contributed by atoms with Gasteiger partial charge in [-0.2, -0.15) is 0 Å². The van der Waals surface area contributed by atoms with Gasteiger partial charge in [0.25, 0.3) is 5.69 Å². The third kappa shape index (κ3) is 2.00. The van der Waals surface area contributed by atoms with Gasteiger partial charge in [-0.05, 0) is 18.2 Å². The van der Waals surface area contributed by atoms with E-state index >= 15 is 0 Å². The van der Waals surface area contributed by atoms with Gasteiger partial charge in [0.05, 0.1) is 4.92 Å². The van der Waals surface area contributed by atoms with Gasteiger partial charge >= 0.3 is 0 Å². The summed E-state index contributed by atoms with van der Waals surface area (Å²) < 4.78 is 5.16. The lowest BCUT2D eigenvalue weighted by Crippen LogP contribution is -1.93. The van der Waals surface area contributed by atoms with Crippen LogP contribution in [0.25, 0.3) is 11.3 Å². The number of nitrogens with two attached hydrogens (primary N) is 1. The normalized spacial score (nSPS) is 10.1. The van der Waals surface area contributed by atoms with Crippen molar-refractivity contribution in [2.45, 2.75) is 0 Å². The first-order chi connectivity index (χ1) is 8.11. The molecule has 0 fully saturated rings. The first kappa shape index (κ1) is 10.9. The average Bonchev–Trinajstić information content (AvgIpc) is 2.77. The zero-order valence-electron chi connectivity index (χ0n) is 8.62. The standard InChI is InChI=1S/C11H8N2O4/c12-10-3-1-7(13(15)16)5-9(10)11-4-2-8(6-14)17-11/h1-6H,12H2. The van der Waals surface area contributed by atoms with E-state index in [4.69, 9.17) is 10.2 Å². The Morgan fingerprint density at radius 2 is 2.06 bits per heavy atom. The summed E-state index contributed by atoms with van der Waals surface area (Å²) >= 11 is 0. The quantitative estimate of drug-likeness (QED) is 0.378. The maximum Gasteiger partial charge on any atom is 0.270 e. The van der Waals surface area contributed by atoms with Gasteiger partial charge < -0.3 is 10.2 Å². The van der Waals surface area contributed by atoms with Crippen LogP contribution in [0.2, 0.25) is 0 Å². The summed E-state index contributed by atoms with van der Waals surface area (Å²) in [6, 6.07) is 7.06. The highest BCUT2D eigenvalue weighted by molar-refractivity contribution is 5.78. The predicted molar refractivity (Wildman–Crippen MR) is 60.6 cm³/mol. The molecule has 0 amide bonds. The minimum absolute atomic E-state index is 0.0850. The Labute approximate surface area is 95.8 Å². The van der Waals surface area contributed by atoms with Crippen LogP contribution in [-0.4, -0.2) is 11.2 Å². The molecule has 2 N–H and O–H groups in total. The minimum atomic E-state index is -0.521. The van der Waals surface area contributed by atoms with Crippen LogP contribution >= 0.6 is 0 Å². The van der Waals surface area contributed by atoms with E-state index in [9.17, 15) is 14.9 Å². The highest BCUT2D eigenvalue weighted by atomic mass is 16.6. The summed E-state index contributed by atoms with van der Waals surface area (Å²) in [7, 11) is 0. The summed E-state index contributed by atoms with van der Waals surface area (Å²) in [6.45, 7) is 0. The highest BCUT2D eigenvalue weighted by Crippen LogP contribution is 2.30. The molecule has 0 aliphatic heterocycles. The van der Waals surface area contributed by atoms with Gasteiger partial charge in [-0.1, -0.05) is 0 Å². The molecule has 0 bridgehead atoms. The second-order valence-electron chi connectivity index (χ2n) is 3.35. The molecule has 2 aromatic rings. The molecule has 0 saturated carbocycles. The third-order valence-electron chi connectivity index (χ3n) is 2.26. The van der Waals surface area contributed by atoms with E-state index in [0.717, 1.165) is 0 Å². The minimum Gasteiger partial charge on any atom is -0.453 e. The first-order valence-electron chi connectivity index (χ1n) is 4.71. The van der Waals surface area contributed by atoms with Crippen LogP contribution in [0.15, 0.2) is 34.7 Å². The van der Waals surface area contributed by atoms with Crippen LogP contribution in [0, 0.1) is 10.1 Å². The number of carbonyl (C=O) groups is 1. The molecular weight excluding hydrogens is 224 g/mol. The van der Waals surface area contributed by atoms with Gasteiger partial charge in [0.15, 0.2) is 12.0 Å². The smallest absolute Gasteiger partial charge is 0.270 e. The van der Waals surface area contributed by atoms with Gasteiger partial charge in [-0.3, -0.25) is 14.9 Å². The summed E-state index contributed by atoms with van der Waals surface area (Å²) in [5.41, 5.74) is 6.36. The number of benzene rings is 1. The lowest BCUT2D eigenvalue weighted by atomic mass is 10.1. The van der Waals surface area contributed by atoms with Gasteiger partial charge in [-0.15, -0.1) is 0 Å². The molecule has 1 aromatic carbocycles. The number of nitro groups is 1. The molecule has 6 nitrogen and oxygen atoms in total. The van der Waals surface area contributed by atoms with Crippen LogP contribution in [0.4, 0.5) is 11.4 Å². The van der Waals surface area contributed by atoms with Crippen molar-refractivity contribution in [1.29, 1.82) is 0 Å². The monoisotopic (exact) mass is 232 g/mol. The molecule has 0 spiro atoms. The van der Waals surface area contributed by atoms with Crippen molar-refractivity contribution in [2.75, 3.05) is 5.73 Å². The number of hydrogen-bond donors (Lipinski definition) is 1. The van der Waals surface area contributed by atoms with Gasteiger partial charge in [0, 0.05) is 23.4 Å². The predicted octanol–water partition coefficient (Wildman–Crippen LogP) is 2.25. The van der Waals surface area contributed by atoms with Crippen molar-refractivity contribution in [2.24, 2.45) is 0 Å². The zero-order valence-corrected chi connectivity index (χ0v) is 8.62. The molecule has 2 rings (SSSR count). The summed E-state index contributed by atoms with van der Waals surface area (Å²) in [5.74, 6) is 0.471. The molecule has 0 saturated heterocycles. The fourth-order valence-electron chi connectivity index (χ4n) is 1.43. The maximum absolute atomic E-state index is 10.6. The van der Waals surface area contributed by atoms with Gasteiger partial charge in [0.1, 0.15) is 5.76 Å². The number of carbonyl (C=O) groups excluding carboxylic acids is 1. The molecule has 17 heavy (non-hydrogen) atoms. The second kappa shape index (κ2) is 4.09. The fourth-order valence-corrected chi connectivity index (χ4v) is 1.43. The molecule has 0 unspecified atom stereocenters. The number of aldehydes is 1. The van der Waals surface area contributed by atoms with E-state index in [0.29, 0.717) is 23.3 Å². The molecular formula is C11H8N2O4. The molecule has 0 atom stereocenters. The molecule has 1 aromatic heterocycles. The Morgan fingerprint density at radius 3 is 2.65 bits per heavy atom. The summed E-state index contributed by atoms with van der Waals surface area (Å²) in [5, 5.41) is 10.6. The number of non-ortho nitro benzene ring substituents is 1. The van der Waals surface area contributed by atoms with Crippen LogP contribution in [0.1, 0.15) is 10.6 Å². The average molecular weight is 232 g/mol. The van der Waals surface area contributed by atoms with Gasteiger partial charge in [-0.25, -0.2) is 0 Å². The Balaban J connectivity index is 2.53. The van der Waals surface area contributed by atoms with E-state index in [1.807, 2.05) is 0 Å². The Bertz CT molecular complexity index is 589. The van der Waals surface area contributed by atoms with E-state index in [-0.39, 0.29) is 11.4 Å². The van der Waals surface area contributed by atoms with E-state index in [2.05, 4.69) is 0 Å².